The lowest BCUT2D eigenvalue weighted by atomic mass is 10.1. The zero-order valence-electron chi connectivity index (χ0n) is 21.7. The summed E-state index contributed by atoms with van der Waals surface area (Å²) in [6.45, 7) is 9.63. The van der Waals surface area contributed by atoms with Gasteiger partial charge in [0.1, 0.15) is 24.2 Å². The number of carbonyl (C=O) groups excluding carboxylic acids is 1. The number of nitrogens with zero attached hydrogens (tertiary/aromatic N) is 2. The molecule has 0 atom stereocenters. The quantitative estimate of drug-likeness (QED) is 0.384. The fraction of sp³-hybridized carbons (Fsp3) is 0.379. The number of amides is 1. The van der Waals surface area contributed by atoms with Gasteiger partial charge in [-0.25, -0.2) is 0 Å². The van der Waals surface area contributed by atoms with Gasteiger partial charge in [-0.2, -0.15) is 0 Å². The van der Waals surface area contributed by atoms with Crippen molar-refractivity contribution in [2.45, 2.75) is 53.2 Å². The van der Waals surface area contributed by atoms with Crippen LogP contribution in [0.3, 0.4) is 0 Å². The fourth-order valence-electron chi connectivity index (χ4n) is 4.21. The van der Waals surface area contributed by atoms with E-state index in [4.69, 9.17) is 18.7 Å². The third-order valence-corrected chi connectivity index (χ3v) is 6.69. The third-order valence-electron chi connectivity index (χ3n) is 6.69. The van der Waals surface area contributed by atoms with E-state index in [0.29, 0.717) is 31.2 Å². The second kappa shape index (κ2) is 11.3. The molecule has 0 aliphatic carbocycles. The summed E-state index contributed by atoms with van der Waals surface area (Å²) in [5, 5.41) is 3.95. The summed E-state index contributed by atoms with van der Waals surface area (Å²) in [6, 6.07) is 11.8. The molecule has 190 valence electrons. The normalized spacial score (nSPS) is 14.3. The van der Waals surface area contributed by atoms with Crippen LogP contribution in [0.1, 0.15) is 46.5 Å². The smallest absolute Gasteiger partial charge is 0.246 e. The lowest BCUT2D eigenvalue weighted by Crippen LogP contribution is -2.41. The van der Waals surface area contributed by atoms with Crippen LogP contribution in [0.5, 0.6) is 17.2 Å². The zero-order chi connectivity index (χ0) is 25.7. The van der Waals surface area contributed by atoms with Crippen LogP contribution in [0.15, 0.2) is 47.0 Å². The molecule has 1 amide bonds. The van der Waals surface area contributed by atoms with Gasteiger partial charge in [0.05, 0.1) is 18.4 Å². The van der Waals surface area contributed by atoms with Crippen LogP contribution in [0, 0.1) is 27.7 Å². The van der Waals surface area contributed by atoms with Crippen molar-refractivity contribution in [2.24, 2.45) is 0 Å². The van der Waals surface area contributed by atoms with E-state index in [1.807, 2.05) is 43.0 Å². The molecule has 0 radical (unpaired) electrons. The van der Waals surface area contributed by atoms with Crippen molar-refractivity contribution in [1.82, 2.24) is 10.1 Å². The van der Waals surface area contributed by atoms with Gasteiger partial charge in [-0.05, 0) is 74.7 Å². The van der Waals surface area contributed by atoms with Crippen molar-refractivity contribution in [2.75, 3.05) is 20.2 Å². The first-order chi connectivity index (χ1) is 17.3. The van der Waals surface area contributed by atoms with E-state index >= 15 is 0 Å². The molecule has 0 spiro atoms. The van der Waals surface area contributed by atoms with Crippen LogP contribution >= 0.6 is 0 Å². The summed E-state index contributed by atoms with van der Waals surface area (Å²) >= 11 is 0. The lowest BCUT2D eigenvalue weighted by Gasteiger charge is -2.31. The Morgan fingerprint density at radius 3 is 2.50 bits per heavy atom. The van der Waals surface area contributed by atoms with Crippen LogP contribution < -0.4 is 14.2 Å². The van der Waals surface area contributed by atoms with Gasteiger partial charge in [-0.1, -0.05) is 17.3 Å². The average Bonchev–Trinajstić information content (AvgIpc) is 3.21. The van der Waals surface area contributed by atoms with Crippen molar-refractivity contribution >= 4 is 12.0 Å². The van der Waals surface area contributed by atoms with Gasteiger partial charge in [0.25, 0.3) is 0 Å². The highest BCUT2D eigenvalue weighted by Gasteiger charge is 2.23. The number of aromatic nitrogens is 1. The maximum atomic E-state index is 12.8. The van der Waals surface area contributed by atoms with Gasteiger partial charge in [0, 0.05) is 32.0 Å². The monoisotopic (exact) mass is 490 g/mol. The first kappa shape index (κ1) is 25.4. The van der Waals surface area contributed by atoms with E-state index < -0.39 is 0 Å². The van der Waals surface area contributed by atoms with E-state index in [0.717, 1.165) is 41.2 Å². The Balaban J connectivity index is 1.30. The molecular formula is C29H34N2O5. The molecule has 7 heteroatoms. The first-order valence-electron chi connectivity index (χ1n) is 12.3. The largest absolute Gasteiger partial charge is 0.493 e. The number of methoxy groups -OCH3 is 1. The standard InChI is InChI=1S/C29H34N2O5/c1-19-6-9-25(16-20(19)2)35-24-12-14-31(15-13-24)29(32)11-8-23-7-10-27(28(17-23)33-5)34-18-26-21(3)30-36-22(26)4/h6-11,16-17,24H,12-15,18H2,1-5H3/b11-8+. The molecule has 1 fully saturated rings. The molecule has 2 aromatic carbocycles. The molecule has 0 N–H and O–H groups in total. The van der Waals surface area contributed by atoms with Crippen molar-refractivity contribution in [1.29, 1.82) is 0 Å². The minimum atomic E-state index is -0.00247. The summed E-state index contributed by atoms with van der Waals surface area (Å²) < 4.78 is 22.8. The lowest BCUT2D eigenvalue weighted by molar-refractivity contribution is -0.127. The summed E-state index contributed by atoms with van der Waals surface area (Å²) in [5.41, 5.74) is 5.08. The molecular weight excluding hydrogens is 456 g/mol. The molecule has 0 saturated carbocycles. The molecule has 36 heavy (non-hydrogen) atoms. The van der Waals surface area contributed by atoms with E-state index in [-0.39, 0.29) is 12.0 Å². The van der Waals surface area contributed by atoms with Gasteiger partial charge in [-0.15, -0.1) is 0 Å². The molecule has 7 nitrogen and oxygen atoms in total. The summed E-state index contributed by atoms with van der Waals surface area (Å²) in [6.07, 6.45) is 5.18. The molecule has 1 aliphatic rings. The van der Waals surface area contributed by atoms with Gasteiger partial charge in [-0.3, -0.25) is 4.79 Å². The SMILES string of the molecule is COc1cc(/C=C/C(=O)N2CCC(Oc3ccc(C)c(C)c3)CC2)ccc1OCc1c(C)noc1C. The highest BCUT2D eigenvalue weighted by Crippen LogP contribution is 2.30. The van der Waals surface area contributed by atoms with Crippen molar-refractivity contribution in [3.05, 3.63) is 76.2 Å². The second-order valence-corrected chi connectivity index (χ2v) is 9.22. The van der Waals surface area contributed by atoms with Crippen LogP contribution in [-0.4, -0.2) is 42.3 Å². The molecule has 0 bridgehead atoms. The first-order valence-corrected chi connectivity index (χ1v) is 12.3. The number of piperidine rings is 1. The number of rotatable bonds is 8. The predicted octanol–water partition coefficient (Wildman–Crippen LogP) is 5.58. The highest BCUT2D eigenvalue weighted by molar-refractivity contribution is 5.92. The summed E-state index contributed by atoms with van der Waals surface area (Å²) in [4.78, 5) is 14.6. The number of aryl methyl sites for hydroxylation is 4. The molecule has 3 aromatic rings. The Bertz CT molecular complexity index is 1220. The van der Waals surface area contributed by atoms with E-state index in [9.17, 15) is 4.79 Å². The van der Waals surface area contributed by atoms with Crippen molar-refractivity contribution in [3.8, 4) is 17.2 Å². The average molecular weight is 491 g/mol. The van der Waals surface area contributed by atoms with Crippen molar-refractivity contribution < 1.29 is 23.5 Å². The van der Waals surface area contributed by atoms with E-state index in [1.54, 1.807) is 19.3 Å². The summed E-state index contributed by atoms with van der Waals surface area (Å²) in [7, 11) is 1.60. The maximum Gasteiger partial charge on any atom is 0.246 e. The third kappa shape index (κ3) is 6.08. The Kier molecular flexibility index (Phi) is 7.98. The number of ether oxygens (including phenoxy) is 3. The van der Waals surface area contributed by atoms with Gasteiger partial charge < -0.3 is 23.6 Å². The Morgan fingerprint density at radius 1 is 1.06 bits per heavy atom. The summed E-state index contributed by atoms with van der Waals surface area (Å²) in [5.74, 6) is 2.85. The van der Waals surface area contributed by atoms with Gasteiger partial charge in [0.15, 0.2) is 11.5 Å². The number of benzene rings is 2. The van der Waals surface area contributed by atoms with Crippen LogP contribution in [0.2, 0.25) is 0 Å². The minimum absolute atomic E-state index is 0.00247. The van der Waals surface area contributed by atoms with Gasteiger partial charge >= 0.3 is 0 Å². The highest BCUT2D eigenvalue weighted by atomic mass is 16.5. The van der Waals surface area contributed by atoms with Gasteiger partial charge in [0.2, 0.25) is 5.91 Å². The Morgan fingerprint density at radius 2 is 1.83 bits per heavy atom. The topological polar surface area (TPSA) is 74.0 Å². The second-order valence-electron chi connectivity index (χ2n) is 9.22. The Hall–Kier alpha value is -3.74. The number of likely N-dealkylation sites (tertiary alicyclic amines) is 1. The molecule has 1 aromatic heterocycles. The zero-order valence-corrected chi connectivity index (χ0v) is 21.7. The van der Waals surface area contributed by atoms with Crippen LogP contribution in [0.25, 0.3) is 6.08 Å². The number of carbonyl (C=O) groups is 1. The molecule has 1 aliphatic heterocycles. The van der Waals surface area contributed by atoms with Crippen molar-refractivity contribution in [3.63, 3.8) is 0 Å². The number of hydrogen-bond donors (Lipinski definition) is 0. The van der Waals surface area contributed by atoms with Crippen LogP contribution in [0.4, 0.5) is 0 Å². The fourth-order valence-corrected chi connectivity index (χ4v) is 4.21. The molecule has 2 heterocycles. The van der Waals surface area contributed by atoms with E-state index in [2.05, 4.69) is 31.1 Å². The predicted molar refractivity (Wildman–Crippen MR) is 138 cm³/mol. The minimum Gasteiger partial charge on any atom is -0.493 e. The maximum absolute atomic E-state index is 12.8. The van der Waals surface area contributed by atoms with E-state index in [1.165, 1.54) is 11.1 Å². The molecule has 0 unspecified atom stereocenters. The Labute approximate surface area is 212 Å². The molecule has 4 rings (SSSR count). The number of hydrogen-bond acceptors (Lipinski definition) is 6. The molecule has 1 saturated heterocycles. The van der Waals surface area contributed by atoms with Crippen LogP contribution in [-0.2, 0) is 11.4 Å².